The van der Waals surface area contributed by atoms with Crippen LogP contribution in [0.3, 0.4) is 0 Å². The van der Waals surface area contributed by atoms with Crippen molar-refractivity contribution in [3.05, 3.63) is 46.0 Å². The number of carbonyl (C=O) groups is 1. The van der Waals surface area contributed by atoms with Gasteiger partial charge >= 0.3 is 6.18 Å². The highest BCUT2D eigenvalue weighted by Gasteiger charge is 2.40. The van der Waals surface area contributed by atoms with Crippen molar-refractivity contribution >= 4 is 33.2 Å². The molecule has 2 aromatic rings. The summed E-state index contributed by atoms with van der Waals surface area (Å²) in [4.78, 5) is 11.9. The predicted molar refractivity (Wildman–Crippen MR) is 100 cm³/mol. The molecule has 0 spiro atoms. The van der Waals surface area contributed by atoms with Crippen LogP contribution in [0.15, 0.2) is 23.1 Å². The Bertz CT molecular complexity index is 1150. The molecule has 0 saturated heterocycles. The van der Waals surface area contributed by atoms with Crippen LogP contribution in [0.25, 0.3) is 0 Å². The molecule has 0 fully saturated rings. The Morgan fingerprint density at radius 3 is 2.47 bits per heavy atom. The standard InChI is InChI=1S/C17H15ClF4N4O3S/c1-8-15(30(28,29)25-9(2)17(20,21)22)13(18)14(26(8)3)16(27)24-11-4-5-12(19)10(6-11)7-23/h4-6,9,25H,1-3H3,(H,24,27)/t9-/m1/s1. The maximum atomic E-state index is 13.4. The minimum absolute atomic E-state index is 0.0288. The zero-order valence-electron chi connectivity index (χ0n) is 15.7. The minimum Gasteiger partial charge on any atom is -0.341 e. The average Bonchev–Trinajstić information content (AvgIpc) is 2.84. The first-order chi connectivity index (χ1) is 13.7. The summed E-state index contributed by atoms with van der Waals surface area (Å²) in [6, 6.07) is 2.38. The van der Waals surface area contributed by atoms with Crippen LogP contribution in [-0.2, 0) is 17.1 Å². The molecule has 13 heteroatoms. The molecule has 2 N–H and O–H groups in total. The Morgan fingerprint density at radius 2 is 1.93 bits per heavy atom. The third-order valence-electron chi connectivity index (χ3n) is 4.23. The first-order valence-corrected chi connectivity index (χ1v) is 10.0. The summed E-state index contributed by atoms with van der Waals surface area (Å²) in [5.74, 6) is -1.71. The van der Waals surface area contributed by atoms with Crippen molar-refractivity contribution in [2.45, 2.75) is 31.0 Å². The largest absolute Gasteiger partial charge is 0.404 e. The van der Waals surface area contributed by atoms with E-state index in [1.54, 1.807) is 6.07 Å². The quantitative estimate of drug-likeness (QED) is 0.658. The molecule has 30 heavy (non-hydrogen) atoms. The number of halogens is 5. The zero-order valence-corrected chi connectivity index (χ0v) is 17.3. The minimum atomic E-state index is -4.83. The van der Waals surface area contributed by atoms with Gasteiger partial charge in [0.25, 0.3) is 5.91 Å². The Morgan fingerprint density at radius 1 is 1.33 bits per heavy atom. The van der Waals surface area contributed by atoms with Gasteiger partial charge in [0.15, 0.2) is 0 Å². The van der Waals surface area contributed by atoms with E-state index in [0.29, 0.717) is 6.92 Å². The average molecular weight is 467 g/mol. The SMILES string of the molecule is Cc1c(S(=O)(=O)N[C@H](C)C(F)(F)F)c(Cl)c(C(=O)Nc2ccc(F)c(C#N)c2)n1C. The van der Waals surface area contributed by atoms with Gasteiger partial charge in [0, 0.05) is 18.4 Å². The van der Waals surface area contributed by atoms with E-state index < -0.39 is 43.9 Å². The molecule has 0 unspecified atom stereocenters. The number of sulfonamides is 1. The van der Waals surface area contributed by atoms with Crippen LogP contribution in [-0.4, -0.2) is 31.1 Å². The molecular formula is C17H15ClF4N4O3S. The number of alkyl halides is 3. The summed E-state index contributed by atoms with van der Waals surface area (Å²) in [5.41, 5.74) is -0.738. The van der Waals surface area contributed by atoms with Crippen LogP contribution in [0.2, 0.25) is 5.02 Å². The molecule has 0 saturated carbocycles. The van der Waals surface area contributed by atoms with E-state index >= 15 is 0 Å². The molecule has 0 bridgehead atoms. The molecule has 1 heterocycles. The zero-order chi connectivity index (χ0) is 23.0. The van der Waals surface area contributed by atoms with Crippen molar-refractivity contribution in [3.63, 3.8) is 0 Å². The number of hydrogen-bond donors (Lipinski definition) is 2. The first-order valence-electron chi connectivity index (χ1n) is 8.15. The van der Waals surface area contributed by atoms with Crippen LogP contribution in [0.4, 0.5) is 23.2 Å². The van der Waals surface area contributed by atoms with Crippen molar-refractivity contribution in [2.24, 2.45) is 7.05 Å². The van der Waals surface area contributed by atoms with Gasteiger partial charge in [0.05, 0.1) is 10.6 Å². The van der Waals surface area contributed by atoms with Gasteiger partial charge in [-0.1, -0.05) is 11.6 Å². The molecule has 0 aliphatic carbocycles. The number of benzene rings is 1. The van der Waals surface area contributed by atoms with Gasteiger partial charge in [-0.3, -0.25) is 4.79 Å². The van der Waals surface area contributed by atoms with Gasteiger partial charge in [-0.2, -0.15) is 23.2 Å². The topological polar surface area (TPSA) is 104 Å². The summed E-state index contributed by atoms with van der Waals surface area (Å²) in [7, 11) is -3.42. The van der Waals surface area contributed by atoms with Crippen molar-refractivity contribution in [1.29, 1.82) is 5.26 Å². The highest BCUT2D eigenvalue weighted by molar-refractivity contribution is 7.89. The Hall–Kier alpha value is -2.62. The van der Waals surface area contributed by atoms with Crippen LogP contribution in [0.5, 0.6) is 0 Å². The van der Waals surface area contributed by atoms with Crippen LogP contribution >= 0.6 is 11.6 Å². The van der Waals surface area contributed by atoms with Gasteiger partial charge in [-0.15, -0.1) is 0 Å². The molecule has 0 aliphatic rings. The summed E-state index contributed by atoms with van der Waals surface area (Å²) in [5, 5.41) is 10.6. The lowest BCUT2D eigenvalue weighted by atomic mass is 10.2. The smallest absolute Gasteiger partial charge is 0.341 e. The second-order valence-corrected chi connectivity index (χ2v) is 8.31. The van der Waals surface area contributed by atoms with Crippen LogP contribution in [0.1, 0.15) is 28.7 Å². The van der Waals surface area contributed by atoms with Crippen molar-refractivity contribution in [2.75, 3.05) is 5.32 Å². The predicted octanol–water partition coefficient (Wildman–Crippen LogP) is 3.48. The molecule has 2 rings (SSSR count). The number of carbonyl (C=O) groups excluding carboxylic acids is 1. The van der Waals surface area contributed by atoms with E-state index in [-0.39, 0.29) is 22.6 Å². The molecule has 1 aromatic heterocycles. The van der Waals surface area contributed by atoms with Gasteiger partial charge in [0.1, 0.15) is 28.5 Å². The van der Waals surface area contributed by atoms with Gasteiger partial charge in [0.2, 0.25) is 10.0 Å². The maximum Gasteiger partial charge on any atom is 0.404 e. The summed E-state index contributed by atoms with van der Waals surface area (Å²) < 4.78 is 79.2. The van der Waals surface area contributed by atoms with E-state index in [0.717, 1.165) is 16.7 Å². The van der Waals surface area contributed by atoms with Gasteiger partial charge in [-0.05, 0) is 32.0 Å². The number of anilines is 1. The number of nitrogens with one attached hydrogen (secondary N) is 2. The van der Waals surface area contributed by atoms with E-state index in [1.807, 2.05) is 0 Å². The van der Waals surface area contributed by atoms with E-state index in [9.17, 15) is 30.8 Å². The lowest BCUT2D eigenvalue weighted by Gasteiger charge is -2.17. The molecule has 162 valence electrons. The molecule has 1 aromatic carbocycles. The summed E-state index contributed by atoms with van der Waals surface area (Å²) in [6.45, 7) is 1.89. The number of nitrogens with zero attached hydrogens (tertiary/aromatic N) is 2. The highest BCUT2D eigenvalue weighted by atomic mass is 35.5. The Labute approximate surface area is 174 Å². The molecule has 1 atom stereocenters. The van der Waals surface area contributed by atoms with E-state index in [1.165, 1.54) is 24.8 Å². The lowest BCUT2D eigenvalue weighted by molar-refractivity contribution is -0.147. The molecule has 0 aliphatic heterocycles. The Kier molecular flexibility index (Phi) is 6.51. The molecule has 7 nitrogen and oxygen atoms in total. The number of hydrogen-bond acceptors (Lipinski definition) is 4. The normalized spacial score (nSPS) is 13.0. The second kappa shape index (κ2) is 8.25. The Balaban J connectivity index is 2.45. The fourth-order valence-corrected chi connectivity index (χ4v) is 4.76. The third-order valence-corrected chi connectivity index (χ3v) is 6.41. The second-order valence-electron chi connectivity index (χ2n) is 6.28. The van der Waals surface area contributed by atoms with Crippen molar-refractivity contribution in [3.8, 4) is 6.07 Å². The molecular weight excluding hydrogens is 452 g/mol. The van der Waals surface area contributed by atoms with Crippen molar-refractivity contribution in [1.82, 2.24) is 9.29 Å². The van der Waals surface area contributed by atoms with Gasteiger partial charge < -0.3 is 9.88 Å². The summed E-state index contributed by atoms with van der Waals surface area (Å²) in [6.07, 6.45) is -4.83. The monoisotopic (exact) mass is 466 g/mol. The number of nitriles is 1. The maximum absolute atomic E-state index is 13.4. The number of aromatic nitrogens is 1. The van der Waals surface area contributed by atoms with Crippen LogP contribution < -0.4 is 10.0 Å². The number of amides is 1. The highest BCUT2D eigenvalue weighted by Crippen LogP contribution is 2.33. The number of rotatable bonds is 5. The third kappa shape index (κ3) is 4.58. The van der Waals surface area contributed by atoms with Crippen molar-refractivity contribution < 1.29 is 30.8 Å². The van der Waals surface area contributed by atoms with E-state index in [2.05, 4.69) is 5.32 Å². The fourth-order valence-electron chi connectivity index (χ4n) is 2.54. The van der Waals surface area contributed by atoms with E-state index in [4.69, 9.17) is 16.9 Å². The lowest BCUT2D eigenvalue weighted by Crippen LogP contribution is -2.43. The van der Waals surface area contributed by atoms with Crippen LogP contribution in [0, 0.1) is 24.1 Å². The van der Waals surface area contributed by atoms with Gasteiger partial charge in [-0.25, -0.2) is 12.8 Å². The molecule has 0 radical (unpaired) electrons. The fraction of sp³-hybridized carbons (Fsp3) is 0.294. The first kappa shape index (κ1) is 23.7. The molecule has 1 amide bonds. The summed E-state index contributed by atoms with van der Waals surface area (Å²) >= 11 is 6.07.